The van der Waals surface area contributed by atoms with Gasteiger partial charge in [0.2, 0.25) is 5.91 Å². The van der Waals surface area contributed by atoms with Crippen molar-refractivity contribution in [1.29, 1.82) is 0 Å². The lowest BCUT2D eigenvalue weighted by atomic mass is 9.91. The quantitative estimate of drug-likeness (QED) is 0.847. The Morgan fingerprint density at radius 1 is 1.55 bits per heavy atom. The van der Waals surface area contributed by atoms with Gasteiger partial charge in [-0.05, 0) is 49.7 Å². The number of carbonyl (C=O) groups is 1. The number of thiophene rings is 1. The molecule has 4 heteroatoms. The third-order valence-corrected chi connectivity index (χ3v) is 5.33. The molecule has 2 heterocycles. The van der Waals surface area contributed by atoms with Crippen LogP contribution in [0.25, 0.3) is 0 Å². The van der Waals surface area contributed by atoms with Crippen LogP contribution in [0.4, 0.5) is 0 Å². The summed E-state index contributed by atoms with van der Waals surface area (Å²) >= 11 is 1.76. The second-order valence-electron chi connectivity index (χ2n) is 6.39. The fraction of sp³-hybridized carbons (Fsp3) is 0.688. The first-order valence-corrected chi connectivity index (χ1v) is 8.47. The first kappa shape index (κ1) is 15.5. The Kier molecular flexibility index (Phi) is 5.61. The van der Waals surface area contributed by atoms with E-state index >= 15 is 0 Å². The van der Waals surface area contributed by atoms with Gasteiger partial charge in [-0.25, -0.2) is 0 Å². The van der Waals surface area contributed by atoms with Crippen LogP contribution in [0, 0.1) is 5.92 Å². The van der Waals surface area contributed by atoms with Crippen LogP contribution in [0.5, 0.6) is 0 Å². The second-order valence-corrected chi connectivity index (χ2v) is 7.34. The van der Waals surface area contributed by atoms with E-state index in [-0.39, 0.29) is 11.3 Å². The lowest BCUT2D eigenvalue weighted by Gasteiger charge is -2.25. The number of amides is 1. The minimum Gasteiger partial charge on any atom is -0.355 e. The molecule has 1 unspecified atom stereocenters. The fourth-order valence-electron chi connectivity index (χ4n) is 2.66. The van der Waals surface area contributed by atoms with Gasteiger partial charge in [-0.3, -0.25) is 4.79 Å². The molecule has 3 nitrogen and oxygen atoms in total. The Hall–Kier alpha value is -0.870. The van der Waals surface area contributed by atoms with Crippen LogP contribution >= 0.6 is 11.3 Å². The van der Waals surface area contributed by atoms with Gasteiger partial charge in [0.25, 0.3) is 0 Å². The molecule has 0 spiro atoms. The van der Waals surface area contributed by atoms with Crippen LogP contribution in [0.3, 0.4) is 0 Å². The molecule has 0 aliphatic carbocycles. The van der Waals surface area contributed by atoms with Crippen LogP contribution in [0.2, 0.25) is 0 Å². The van der Waals surface area contributed by atoms with Gasteiger partial charge in [0.1, 0.15) is 0 Å². The maximum absolute atomic E-state index is 12.0. The van der Waals surface area contributed by atoms with Crippen molar-refractivity contribution in [3.05, 3.63) is 22.4 Å². The largest absolute Gasteiger partial charge is 0.355 e. The van der Waals surface area contributed by atoms with Crippen molar-refractivity contribution in [2.45, 2.75) is 44.9 Å². The van der Waals surface area contributed by atoms with Crippen molar-refractivity contribution in [3.8, 4) is 0 Å². The van der Waals surface area contributed by atoms with E-state index < -0.39 is 0 Å². The molecule has 0 saturated carbocycles. The highest BCUT2D eigenvalue weighted by Gasteiger charge is 2.22. The average molecular weight is 294 g/mol. The van der Waals surface area contributed by atoms with Gasteiger partial charge in [0.05, 0.1) is 0 Å². The molecule has 20 heavy (non-hydrogen) atoms. The summed E-state index contributed by atoms with van der Waals surface area (Å²) in [6.07, 6.45) is 4.18. The van der Waals surface area contributed by atoms with Gasteiger partial charge in [-0.2, -0.15) is 0 Å². The van der Waals surface area contributed by atoms with Crippen molar-refractivity contribution in [2.24, 2.45) is 5.92 Å². The summed E-state index contributed by atoms with van der Waals surface area (Å²) < 4.78 is 0. The van der Waals surface area contributed by atoms with Crippen molar-refractivity contribution in [1.82, 2.24) is 10.6 Å². The third-order valence-electron chi connectivity index (χ3n) is 4.09. The molecule has 1 amide bonds. The molecule has 1 atom stereocenters. The number of hydrogen-bond donors (Lipinski definition) is 2. The Morgan fingerprint density at radius 3 is 3.05 bits per heavy atom. The molecular weight excluding hydrogens is 268 g/mol. The number of carbonyl (C=O) groups excluding carboxylic acids is 1. The van der Waals surface area contributed by atoms with Crippen molar-refractivity contribution >= 4 is 17.2 Å². The summed E-state index contributed by atoms with van der Waals surface area (Å²) in [5.41, 5.74) is 0.0240. The van der Waals surface area contributed by atoms with Gasteiger partial charge < -0.3 is 10.6 Å². The topological polar surface area (TPSA) is 41.1 Å². The van der Waals surface area contributed by atoms with E-state index in [2.05, 4.69) is 42.0 Å². The van der Waals surface area contributed by atoms with E-state index in [0.717, 1.165) is 26.1 Å². The maximum Gasteiger partial charge on any atom is 0.220 e. The van der Waals surface area contributed by atoms with Gasteiger partial charge in [0, 0.05) is 23.3 Å². The lowest BCUT2D eigenvalue weighted by molar-refractivity contribution is -0.121. The van der Waals surface area contributed by atoms with Crippen LogP contribution in [0.1, 0.15) is 44.4 Å². The first-order chi connectivity index (χ1) is 9.58. The van der Waals surface area contributed by atoms with E-state index in [1.54, 1.807) is 11.3 Å². The summed E-state index contributed by atoms with van der Waals surface area (Å²) in [5.74, 6) is 0.875. The third kappa shape index (κ3) is 4.60. The zero-order valence-corrected chi connectivity index (χ0v) is 13.4. The summed E-state index contributed by atoms with van der Waals surface area (Å²) in [4.78, 5) is 13.3. The van der Waals surface area contributed by atoms with Crippen LogP contribution in [-0.2, 0) is 10.2 Å². The zero-order valence-electron chi connectivity index (χ0n) is 12.6. The van der Waals surface area contributed by atoms with Crippen LogP contribution < -0.4 is 10.6 Å². The highest BCUT2D eigenvalue weighted by Crippen LogP contribution is 2.26. The number of nitrogens with one attached hydrogen (secondary N) is 2. The molecule has 1 fully saturated rings. The molecule has 1 saturated heterocycles. The Bertz CT molecular complexity index is 408. The Balaban J connectivity index is 1.69. The maximum atomic E-state index is 12.0. The van der Waals surface area contributed by atoms with E-state index in [1.165, 1.54) is 17.7 Å². The summed E-state index contributed by atoms with van der Waals surface area (Å²) in [6.45, 7) is 7.30. The number of piperidine rings is 1. The molecule has 1 aromatic heterocycles. The molecule has 0 bridgehead atoms. The highest BCUT2D eigenvalue weighted by atomic mass is 32.1. The zero-order chi connectivity index (χ0) is 14.4. The first-order valence-electron chi connectivity index (χ1n) is 7.59. The predicted molar refractivity (Wildman–Crippen MR) is 85.2 cm³/mol. The fourth-order valence-corrected chi connectivity index (χ4v) is 3.52. The standard InChI is InChI=1S/C16H26N2OS/c1-16(2,14-6-4-10-20-14)12-18-15(19)8-7-13-5-3-9-17-11-13/h4,6,10,13,17H,3,5,7-9,11-12H2,1-2H3,(H,18,19). The smallest absolute Gasteiger partial charge is 0.220 e. The Morgan fingerprint density at radius 2 is 2.40 bits per heavy atom. The van der Waals surface area contributed by atoms with E-state index in [0.29, 0.717) is 12.3 Å². The molecule has 0 radical (unpaired) electrons. The van der Waals surface area contributed by atoms with Crippen LogP contribution in [-0.4, -0.2) is 25.5 Å². The lowest BCUT2D eigenvalue weighted by Crippen LogP contribution is -2.37. The molecule has 0 aromatic carbocycles. The molecular formula is C16H26N2OS. The molecule has 1 aliphatic heterocycles. The van der Waals surface area contributed by atoms with Crippen molar-refractivity contribution < 1.29 is 4.79 Å². The van der Waals surface area contributed by atoms with E-state index in [4.69, 9.17) is 0 Å². The second kappa shape index (κ2) is 7.23. The highest BCUT2D eigenvalue weighted by molar-refractivity contribution is 7.10. The monoisotopic (exact) mass is 294 g/mol. The molecule has 2 rings (SSSR count). The van der Waals surface area contributed by atoms with Gasteiger partial charge >= 0.3 is 0 Å². The predicted octanol–water partition coefficient (Wildman–Crippen LogP) is 2.92. The van der Waals surface area contributed by atoms with Gasteiger partial charge in [0.15, 0.2) is 0 Å². The molecule has 1 aromatic rings. The molecule has 112 valence electrons. The van der Waals surface area contributed by atoms with Crippen molar-refractivity contribution in [3.63, 3.8) is 0 Å². The SMILES string of the molecule is CC(C)(CNC(=O)CCC1CCCNC1)c1cccs1. The minimum absolute atomic E-state index is 0.0240. The summed E-state index contributed by atoms with van der Waals surface area (Å²) in [6, 6.07) is 4.21. The number of hydrogen-bond acceptors (Lipinski definition) is 3. The minimum atomic E-state index is 0.0240. The number of rotatable bonds is 6. The summed E-state index contributed by atoms with van der Waals surface area (Å²) in [5, 5.41) is 8.59. The Labute approximate surface area is 126 Å². The summed E-state index contributed by atoms with van der Waals surface area (Å²) in [7, 11) is 0. The molecule has 1 aliphatic rings. The van der Waals surface area contributed by atoms with Crippen LogP contribution in [0.15, 0.2) is 17.5 Å². The molecule has 2 N–H and O–H groups in total. The van der Waals surface area contributed by atoms with Gasteiger partial charge in [-0.15, -0.1) is 11.3 Å². The van der Waals surface area contributed by atoms with E-state index in [1.807, 2.05) is 0 Å². The van der Waals surface area contributed by atoms with E-state index in [9.17, 15) is 4.79 Å². The van der Waals surface area contributed by atoms with Gasteiger partial charge in [-0.1, -0.05) is 19.9 Å². The van der Waals surface area contributed by atoms with Crippen molar-refractivity contribution in [2.75, 3.05) is 19.6 Å². The normalized spacial score (nSPS) is 19.8. The average Bonchev–Trinajstić information content (AvgIpc) is 2.99.